The third-order valence-electron chi connectivity index (χ3n) is 15.3. The van der Waals surface area contributed by atoms with E-state index < -0.39 is 52.7 Å². The minimum absolute atomic E-state index is 0.0966. The zero-order valence-electron chi connectivity index (χ0n) is 27.5. The summed E-state index contributed by atoms with van der Waals surface area (Å²) >= 11 is 5.80. The Morgan fingerprint density at radius 1 is 1.02 bits per heavy atom. The smallest absolute Gasteiger partial charge is 0.324 e. The van der Waals surface area contributed by atoms with E-state index in [0.717, 1.165) is 25.7 Å². The van der Waals surface area contributed by atoms with Crippen molar-refractivity contribution < 1.29 is 33.3 Å². The normalized spacial score (nSPS) is 53.7. The molecule has 0 unspecified atom stereocenters. The molecule has 246 valence electrons. The Labute approximate surface area is 261 Å². The fraction of sp³-hybridized carbons (Fsp3) is 0.971. The third kappa shape index (κ3) is 3.79. The number of ether oxygens (including phenoxy) is 2. The van der Waals surface area contributed by atoms with Crippen LogP contribution in [0.3, 0.4) is 0 Å². The molecule has 0 radical (unpaired) electrons. The van der Waals surface area contributed by atoms with Crippen molar-refractivity contribution in [2.24, 2.45) is 50.7 Å². The van der Waals surface area contributed by atoms with E-state index in [4.69, 9.17) is 21.3 Å². The van der Waals surface area contributed by atoms with Gasteiger partial charge in [-0.1, -0.05) is 34.6 Å². The minimum Gasteiger partial charge on any atom is -0.461 e. The van der Waals surface area contributed by atoms with Crippen LogP contribution in [0.2, 0.25) is 0 Å². The summed E-state index contributed by atoms with van der Waals surface area (Å²) < 4.78 is 44.5. The van der Waals surface area contributed by atoms with Crippen molar-refractivity contribution in [3.63, 3.8) is 0 Å². The average Bonchev–Trinajstić information content (AvgIpc) is 3.11. The molecule has 0 amide bonds. The summed E-state index contributed by atoms with van der Waals surface area (Å²) in [7, 11) is 0. The molecule has 0 aromatic carbocycles. The van der Waals surface area contributed by atoms with Crippen LogP contribution in [-0.4, -0.2) is 57.7 Å². The number of rotatable bonds is 5. The molecule has 6 fully saturated rings. The summed E-state index contributed by atoms with van der Waals surface area (Å²) in [5.74, 6) is -3.68. The van der Waals surface area contributed by atoms with Crippen LogP contribution in [-0.2, 0) is 14.3 Å². The first-order valence-electron chi connectivity index (χ1n) is 16.6. The fourth-order valence-corrected chi connectivity index (χ4v) is 13.2. The number of esters is 1. The summed E-state index contributed by atoms with van der Waals surface area (Å²) in [6, 6.07) is -0.763. The number of fused-ring (bicyclic) bond motifs is 2. The second-order valence-corrected chi connectivity index (χ2v) is 17.7. The lowest BCUT2D eigenvalue weighted by atomic mass is 9.41. The maximum atomic E-state index is 15.8. The van der Waals surface area contributed by atoms with E-state index in [9.17, 15) is 15.0 Å². The number of halogens is 3. The van der Waals surface area contributed by atoms with Gasteiger partial charge in [0, 0.05) is 23.7 Å². The van der Waals surface area contributed by atoms with Gasteiger partial charge in [-0.05, 0) is 118 Å². The van der Waals surface area contributed by atoms with Crippen LogP contribution in [0, 0.1) is 50.7 Å². The van der Waals surface area contributed by atoms with Gasteiger partial charge in [0.2, 0.25) is 0 Å². The van der Waals surface area contributed by atoms with Gasteiger partial charge in [0.1, 0.15) is 12.1 Å². The fourth-order valence-electron chi connectivity index (χ4n) is 13.1. The average molecular weight is 630 g/mol. The molecule has 6 rings (SSSR count). The number of carbonyl (C=O) groups is 1. The van der Waals surface area contributed by atoms with Gasteiger partial charge < -0.3 is 19.7 Å². The van der Waals surface area contributed by atoms with Crippen molar-refractivity contribution in [2.45, 2.75) is 155 Å². The minimum atomic E-state index is -2.87. The Morgan fingerprint density at radius 2 is 1.65 bits per heavy atom. The summed E-state index contributed by atoms with van der Waals surface area (Å²) in [6.07, 6.45) is 3.12. The van der Waals surface area contributed by atoms with Crippen LogP contribution in [0.1, 0.15) is 114 Å². The third-order valence-corrected chi connectivity index (χ3v) is 15.6. The van der Waals surface area contributed by atoms with Crippen LogP contribution in [0.25, 0.3) is 0 Å². The van der Waals surface area contributed by atoms with E-state index in [1.165, 1.54) is 0 Å². The molecule has 1 saturated heterocycles. The molecule has 6 nitrogen and oxygen atoms in total. The Bertz CT molecular complexity index is 1180. The predicted octanol–water partition coefficient (Wildman–Crippen LogP) is 6.64. The van der Waals surface area contributed by atoms with E-state index in [1.807, 2.05) is 0 Å². The van der Waals surface area contributed by atoms with Crippen molar-refractivity contribution in [3.8, 4) is 0 Å². The van der Waals surface area contributed by atoms with E-state index in [0.29, 0.717) is 19.3 Å². The monoisotopic (exact) mass is 629 g/mol. The second kappa shape index (κ2) is 9.29. The molecular formula is C34H54ClF2NO5. The van der Waals surface area contributed by atoms with Gasteiger partial charge in [0.25, 0.3) is 5.92 Å². The van der Waals surface area contributed by atoms with Gasteiger partial charge in [-0.3, -0.25) is 4.79 Å². The first kappa shape index (κ1) is 32.4. The van der Waals surface area contributed by atoms with Gasteiger partial charge in [-0.25, -0.2) is 13.6 Å². The lowest BCUT2D eigenvalue weighted by Crippen LogP contribution is -2.64. The number of aliphatic hydroxyl groups excluding tert-OH is 1. The molecule has 0 bridgehead atoms. The molecule has 3 N–H and O–H groups in total. The number of aliphatic hydroxyl groups is 2. The first-order valence-corrected chi connectivity index (χ1v) is 17.0. The molecule has 0 aromatic rings. The van der Waals surface area contributed by atoms with Crippen LogP contribution in [0.5, 0.6) is 0 Å². The van der Waals surface area contributed by atoms with Crippen molar-refractivity contribution in [1.29, 1.82) is 0 Å². The van der Waals surface area contributed by atoms with Gasteiger partial charge in [0.15, 0.2) is 0 Å². The molecule has 0 aromatic heterocycles. The largest absolute Gasteiger partial charge is 0.461 e. The van der Waals surface area contributed by atoms with Crippen LogP contribution in [0.15, 0.2) is 0 Å². The molecule has 5 aliphatic carbocycles. The van der Waals surface area contributed by atoms with Gasteiger partial charge in [-0.15, -0.1) is 0 Å². The molecule has 5 saturated carbocycles. The highest BCUT2D eigenvalue weighted by atomic mass is 35.5. The number of hydrogen-bond acceptors (Lipinski definition) is 6. The van der Waals surface area contributed by atoms with Gasteiger partial charge in [-0.2, -0.15) is 0 Å². The molecule has 1 heterocycles. The summed E-state index contributed by atoms with van der Waals surface area (Å²) in [6.45, 7) is 17.6. The van der Waals surface area contributed by atoms with Gasteiger partial charge >= 0.3 is 5.97 Å². The topological polar surface area (TPSA) is 88.0 Å². The second-order valence-electron chi connectivity index (χ2n) is 17.5. The molecule has 13 atom stereocenters. The number of hydrogen-bond donors (Lipinski definition) is 3. The van der Waals surface area contributed by atoms with Crippen molar-refractivity contribution in [2.75, 3.05) is 0 Å². The Kier molecular flexibility index (Phi) is 7.00. The predicted molar refractivity (Wildman–Crippen MR) is 160 cm³/mol. The zero-order valence-corrected chi connectivity index (χ0v) is 28.3. The van der Waals surface area contributed by atoms with E-state index in [-0.39, 0.29) is 51.9 Å². The summed E-state index contributed by atoms with van der Waals surface area (Å²) in [5, 5.41) is 22.7. The number of carbonyl (C=O) groups excluding carboxylic acids is 1. The molecule has 1 aliphatic heterocycles. The quantitative estimate of drug-likeness (QED) is 0.233. The zero-order chi connectivity index (χ0) is 32.0. The molecular weight excluding hydrogens is 576 g/mol. The molecule has 6 aliphatic rings. The van der Waals surface area contributed by atoms with Crippen molar-refractivity contribution >= 4 is 17.7 Å². The highest BCUT2D eigenvalue weighted by molar-refractivity contribution is 6.14. The Balaban J connectivity index is 1.43. The Hall–Kier alpha value is -0.540. The molecule has 2 spiro atoms. The van der Waals surface area contributed by atoms with E-state index in [2.05, 4.69) is 32.5 Å². The number of nitrogens with one attached hydrogen (secondary N) is 1. The summed E-state index contributed by atoms with van der Waals surface area (Å²) in [5.41, 5.74) is -3.99. The Morgan fingerprint density at radius 3 is 2.23 bits per heavy atom. The molecule has 9 heteroatoms. The van der Waals surface area contributed by atoms with Crippen molar-refractivity contribution in [3.05, 3.63) is 0 Å². The van der Waals surface area contributed by atoms with Crippen LogP contribution >= 0.6 is 11.8 Å². The summed E-state index contributed by atoms with van der Waals surface area (Å²) in [4.78, 5) is 15.7. The maximum absolute atomic E-state index is 15.8. The molecule has 43 heavy (non-hydrogen) atoms. The SMILES string of the molecule is C[C@H]1[C@@]23CC[C@]4(C)[C@@H]([C@]5(C)CC[C@@H](C(C)(C)O)O5)[C@@H](O)C[C@@]4(C)[C@@H]2C[C@H](OC(=O)[C@H](C)NCl)[C@H]2C(C)(C)C(F)(F)CC[C@@]123. The van der Waals surface area contributed by atoms with Gasteiger partial charge in [0.05, 0.1) is 23.4 Å². The number of alkyl halides is 2. The lowest BCUT2D eigenvalue weighted by molar-refractivity contribution is -0.252. The maximum Gasteiger partial charge on any atom is 0.324 e. The standard InChI is InChI=1S/C34H54ClF2NO5/c1-18(38-35)26(40)42-21-16-22-30(8)17-20(39)24(31(9)11-10-23(43-31)28(5,6)41)29(30,7)12-13-32(22)19(2)33(32)14-15-34(36,37)27(3,4)25(21)33/h18-25,38-39,41H,10-17H2,1-9H3/t18-,19-,20-,21-,22-,23-,24-,25-,29+,30-,31-,32-,33+/m0/s1. The van der Waals surface area contributed by atoms with Crippen LogP contribution in [0.4, 0.5) is 8.78 Å². The van der Waals surface area contributed by atoms with E-state index >= 15 is 8.78 Å². The highest BCUT2D eigenvalue weighted by Gasteiger charge is 2.90. The lowest BCUT2D eigenvalue weighted by Gasteiger charge is -2.64. The first-order chi connectivity index (χ1) is 19.6. The highest BCUT2D eigenvalue weighted by Crippen LogP contribution is 2.92. The van der Waals surface area contributed by atoms with Crippen molar-refractivity contribution in [1.82, 2.24) is 4.84 Å². The van der Waals surface area contributed by atoms with E-state index in [1.54, 1.807) is 34.6 Å². The van der Waals surface area contributed by atoms with Crippen LogP contribution < -0.4 is 4.84 Å².